The summed E-state index contributed by atoms with van der Waals surface area (Å²) in [5, 5.41) is 9.51. The lowest BCUT2D eigenvalue weighted by molar-refractivity contribution is 0.129. The maximum Gasteiger partial charge on any atom is 0.0679 e. The molecule has 1 atom stereocenters. The molecule has 3 N–H and O–H groups in total. The van der Waals surface area contributed by atoms with Crippen molar-refractivity contribution < 1.29 is 5.11 Å². The second-order valence-electron chi connectivity index (χ2n) is 5.19. The van der Waals surface area contributed by atoms with Crippen LogP contribution in [0.2, 0.25) is 0 Å². The van der Waals surface area contributed by atoms with Crippen LogP contribution in [0.4, 0.5) is 0 Å². The largest absolute Gasteiger partial charge is 0.392 e. The molecule has 2 aliphatic rings. The Bertz CT molecular complexity index is 190. The molecule has 2 rings (SSSR count). The van der Waals surface area contributed by atoms with Crippen LogP contribution in [0.5, 0.6) is 0 Å². The summed E-state index contributed by atoms with van der Waals surface area (Å²) in [5.74, 6) is 0.874. The molecule has 1 saturated heterocycles. The maximum absolute atomic E-state index is 9.51. The van der Waals surface area contributed by atoms with Crippen molar-refractivity contribution in [1.29, 1.82) is 0 Å². The molecular formula is C12H24N2O. The minimum atomic E-state index is -0.0632. The minimum Gasteiger partial charge on any atom is -0.392 e. The van der Waals surface area contributed by atoms with Gasteiger partial charge in [0.2, 0.25) is 0 Å². The van der Waals surface area contributed by atoms with Gasteiger partial charge in [0.25, 0.3) is 0 Å². The van der Waals surface area contributed by atoms with Crippen LogP contribution in [0, 0.1) is 5.92 Å². The van der Waals surface area contributed by atoms with Gasteiger partial charge in [-0.05, 0) is 51.0 Å². The van der Waals surface area contributed by atoms with Crippen LogP contribution in [-0.4, -0.2) is 41.8 Å². The predicted molar refractivity (Wildman–Crippen MR) is 61.6 cm³/mol. The highest BCUT2D eigenvalue weighted by molar-refractivity contribution is 4.85. The molecule has 15 heavy (non-hydrogen) atoms. The number of aliphatic hydroxyl groups is 1. The second kappa shape index (κ2) is 5.28. The number of β-amino-alcohol motifs (C(OH)–C–C–N with tert-alkyl or cyclic N) is 1. The molecular weight excluding hydrogens is 188 g/mol. The second-order valence-corrected chi connectivity index (χ2v) is 5.19. The third-order valence-electron chi connectivity index (χ3n) is 4.10. The quantitative estimate of drug-likeness (QED) is 0.732. The first-order valence-electron chi connectivity index (χ1n) is 6.41. The minimum absolute atomic E-state index is 0.0632. The van der Waals surface area contributed by atoms with E-state index in [9.17, 15) is 5.11 Å². The zero-order valence-electron chi connectivity index (χ0n) is 9.57. The van der Waals surface area contributed by atoms with E-state index >= 15 is 0 Å². The number of likely N-dealkylation sites (tertiary alicyclic amines) is 1. The number of hydrogen-bond donors (Lipinski definition) is 2. The Balaban J connectivity index is 1.73. The summed E-state index contributed by atoms with van der Waals surface area (Å²) in [5.41, 5.74) is 5.59. The highest BCUT2D eigenvalue weighted by Crippen LogP contribution is 2.30. The van der Waals surface area contributed by atoms with E-state index in [0.717, 1.165) is 38.0 Å². The fourth-order valence-corrected chi connectivity index (χ4v) is 3.13. The molecule has 3 heteroatoms. The van der Waals surface area contributed by atoms with Gasteiger partial charge in [0.15, 0.2) is 0 Å². The molecule has 0 amide bonds. The van der Waals surface area contributed by atoms with Crippen molar-refractivity contribution in [3.63, 3.8) is 0 Å². The lowest BCUT2D eigenvalue weighted by Crippen LogP contribution is -2.37. The van der Waals surface area contributed by atoms with Crippen LogP contribution in [-0.2, 0) is 0 Å². The van der Waals surface area contributed by atoms with E-state index in [0.29, 0.717) is 0 Å². The van der Waals surface area contributed by atoms with Gasteiger partial charge in [0, 0.05) is 19.1 Å². The van der Waals surface area contributed by atoms with Gasteiger partial charge in [-0.15, -0.1) is 0 Å². The predicted octanol–water partition coefficient (Wildman–Crippen LogP) is 0.961. The summed E-state index contributed by atoms with van der Waals surface area (Å²) >= 11 is 0. The van der Waals surface area contributed by atoms with Gasteiger partial charge in [-0.25, -0.2) is 0 Å². The average Bonchev–Trinajstić information content (AvgIpc) is 2.67. The first kappa shape index (κ1) is 11.4. The lowest BCUT2D eigenvalue weighted by Gasteiger charge is -2.34. The van der Waals surface area contributed by atoms with Crippen molar-refractivity contribution in [2.45, 2.75) is 50.7 Å². The summed E-state index contributed by atoms with van der Waals surface area (Å²) in [6, 6.07) is 0.746. The van der Waals surface area contributed by atoms with Crippen LogP contribution in [0.15, 0.2) is 0 Å². The van der Waals surface area contributed by atoms with Gasteiger partial charge in [0.1, 0.15) is 0 Å². The van der Waals surface area contributed by atoms with Crippen molar-refractivity contribution >= 4 is 0 Å². The molecule has 1 heterocycles. The molecule has 0 aromatic heterocycles. The molecule has 1 aliphatic heterocycles. The third-order valence-corrected chi connectivity index (χ3v) is 4.10. The first-order valence-corrected chi connectivity index (χ1v) is 6.41. The summed E-state index contributed by atoms with van der Waals surface area (Å²) < 4.78 is 0. The van der Waals surface area contributed by atoms with Crippen molar-refractivity contribution in [2.24, 2.45) is 11.7 Å². The molecule has 0 radical (unpaired) electrons. The van der Waals surface area contributed by atoms with Gasteiger partial charge in [0.05, 0.1) is 6.10 Å². The Kier molecular flexibility index (Phi) is 4.00. The van der Waals surface area contributed by atoms with E-state index in [-0.39, 0.29) is 6.10 Å². The Hall–Kier alpha value is -0.120. The van der Waals surface area contributed by atoms with Crippen LogP contribution in [0.1, 0.15) is 38.5 Å². The zero-order valence-corrected chi connectivity index (χ0v) is 9.57. The molecule has 2 fully saturated rings. The number of rotatable bonds is 3. The molecule has 0 bridgehead atoms. The van der Waals surface area contributed by atoms with Gasteiger partial charge in [-0.2, -0.15) is 0 Å². The van der Waals surface area contributed by atoms with Crippen molar-refractivity contribution in [3.8, 4) is 0 Å². The van der Waals surface area contributed by atoms with Crippen LogP contribution >= 0.6 is 0 Å². The van der Waals surface area contributed by atoms with Crippen LogP contribution in [0.25, 0.3) is 0 Å². The standard InChI is InChI=1S/C12H24N2O/c13-7-5-10-1-3-11(4-2-10)14-8-6-12(15)9-14/h10-12,15H,1-9,13H2. The van der Waals surface area contributed by atoms with Crippen molar-refractivity contribution in [1.82, 2.24) is 4.90 Å². The van der Waals surface area contributed by atoms with E-state index in [1.54, 1.807) is 0 Å². The normalized spacial score (nSPS) is 38.4. The average molecular weight is 212 g/mol. The first-order chi connectivity index (χ1) is 7.29. The lowest BCUT2D eigenvalue weighted by atomic mass is 9.83. The van der Waals surface area contributed by atoms with Gasteiger partial charge in [-0.3, -0.25) is 4.90 Å². The highest BCUT2D eigenvalue weighted by Gasteiger charge is 2.29. The van der Waals surface area contributed by atoms with Crippen molar-refractivity contribution in [3.05, 3.63) is 0 Å². The Morgan fingerprint density at radius 1 is 1.13 bits per heavy atom. The third kappa shape index (κ3) is 2.92. The molecule has 3 nitrogen and oxygen atoms in total. The van der Waals surface area contributed by atoms with Crippen molar-refractivity contribution in [2.75, 3.05) is 19.6 Å². The fourth-order valence-electron chi connectivity index (χ4n) is 3.13. The number of nitrogens with zero attached hydrogens (tertiary/aromatic N) is 1. The zero-order chi connectivity index (χ0) is 10.7. The molecule has 88 valence electrons. The number of hydrogen-bond acceptors (Lipinski definition) is 3. The number of aliphatic hydroxyl groups excluding tert-OH is 1. The monoisotopic (exact) mass is 212 g/mol. The van der Waals surface area contributed by atoms with Gasteiger partial charge in [-0.1, -0.05) is 0 Å². The highest BCUT2D eigenvalue weighted by atomic mass is 16.3. The van der Waals surface area contributed by atoms with E-state index in [2.05, 4.69) is 4.90 Å². The molecule has 0 spiro atoms. The summed E-state index contributed by atoms with van der Waals surface area (Å²) in [6.07, 6.45) is 7.43. The van der Waals surface area contributed by atoms with Gasteiger partial charge < -0.3 is 10.8 Å². The molecule has 0 aromatic rings. The maximum atomic E-state index is 9.51. The number of nitrogens with two attached hydrogens (primary N) is 1. The van der Waals surface area contributed by atoms with Gasteiger partial charge >= 0.3 is 0 Å². The van der Waals surface area contributed by atoms with Crippen LogP contribution < -0.4 is 5.73 Å². The summed E-state index contributed by atoms with van der Waals surface area (Å²) in [4.78, 5) is 2.49. The molecule has 1 saturated carbocycles. The summed E-state index contributed by atoms with van der Waals surface area (Å²) in [7, 11) is 0. The Labute approximate surface area is 92.6 Å². The Morgan fingerprint density at radius 2 is 1.87 bits per heavy atom. The molecule has 0 aromatic carbocycles. The van der Waals surface area contributed by atoms with E-state index in [1.807, 2.05) is 0 Å². The smallest absolute Gasteiger partial charge is 0.0679 e. The van der Waals surface area contributed by atoms with E-state index < -0.39 is 0 Å². The molecule has 1 unspecified atom stereocenters. The van der Waals surface area contributed by atoms with E-state index in [1.165, 1.54) is 32.1 Å². The SMILES string of the molecule is NCCC1CCC(N2CCC(O)C2)CC1. The fraction of sp³-hybridized carbons (Fsp3) is 1.00. The van der Waals surface area contributed by atoms with E-state index in [4.69, 9.17) is 5.73 Å². The van der Waals surface area contributed by atoms with Crippen LogP contribution in [0.3, 0.4) is 0 Å². The summed E-state index contributed by atoms with van der Waals surface area (Å²) in [6.45, 7) is 2.86. The molecule has 1 aliphatic carbocycles. The topological polar surface area (TPSA) is 49.5 Å². The Morgan fingerprint density at radius 3 is 2.40 bits per heavy atom.